The summed E-state index contributed by atoms with van der Waals surface area (Å²) in [6, 6.07) is 20.2. The Labute approximate surface area is 188 Å². The maximum Gasteiger partial charge on any atom is 0.297 e. The first-order valence-corrected chi connectivity index (χ1v) is 11.4. The zero-order valence-corrected chi connectivity index (χ0v) is 19.0. The van der Waals surface area contributed by atoms with E-state index in [1.54, 1.807) is 31.2 Å². The summed E-state index contributed by atoms with van der Waals surface area (Å²) < 4.78 is 29.9. The molecule has 0 unspecified atom stereocenters. The van der Waals surface area contributed by atoms with Gasteiger partial charge < -0.3 is 4.90 Å². The van der Waals surface area contributed by atoms with Gasteiger partial charge in [0, 0.05) is 19.3 Å². The van der Waals surface area contributed by atoms with Gasteiger partial charge in [-0.2, -0.15) is 8.42 Å². The minimum Gasteiger partial charge on any atom is -0.372 e. The quantitative estimate of drug-likeness (QED) is 0.285. The van der Waals surface area contributed by atoms with Crippen molar-refractivity contribution >= 4 is 32.2 Å². The van der Waals surface area contributed by atoms with Crippen molar-refractivity contribution in [2.75, 3.05) is 25.1 Å². The molecule has 6 nitrogen and oxygen atoms in total. The minimum absolute atomic E-state index is 0.0290. The molecule has 162 valence electrons. The molecule has 0 aliphatic rings. The molecule has 3 aromatic rings. The molecule has 32 heavy (non-hydrogen) atoms. The largest absolute Gasteiger partial charge is 0.372 e. The number of hydrogen-bond donors (Lipinski definition) is 0. The molecule has 0 saturated carbocycles. The average Bonchev–Trinajstić information content (AvgIpc) is 2.79. The Morgan fingerprint density at radius 1 is 1.09 bits per heavy atom. The van der Waals surface area contributed by atoms with Crippen molar-refractivity contribution in [2.45, 2.75) is 18.7 Å². The number of likely N-dealkylation sites (N-methyl/N-ethyl adjacent to an activating group) is 1. The molecule has 0 atom stereocenters. The van der Waals surface area contributed by atoms with Gasteiger partial charge in [-0.15, -0.1) is 0 Å². The number of nitriles is 1. The molecule has 3 aromatic carbocycles. The zero-order valence-electron chi connectivity index (χ0n) is 18.2. The van der Waals surface area contributed by atoms with Gasteiger partial charge in [0.05, 0.1) is 24.1 Å². The molecular formula is C25H23N3O3S. The third kappa shape index (κ3) is 5.15. The first kappa shape index (κ1) is 23.0. The van der Waals surface area contributed by atoms with Crippen LogP contribution in [-0.2, 0) is 14.3 Å². The summed E-state index contributed by atoms with van der Waals surface area (Å²) in [7, 11) is -1.91. The van der Waals surface area contributed by atoms with E-state index >= 15 is 0 Å². The van der Waals surface area contributed by atoms with Crippen LogP contribution in [0.25, 0.3) is 21.2 Å². The third-order valence-electron chi connectivity index (χ3n) is 5.25. The van der Waals surface area contributed by atoms with Gasteiger partial charge in [0.25, 0.3) is 15.8 Å². The number of allylic oxidation sites excluding steroid dienone is 2. The van der Waals surface area contributed by atoms with Crippen LogP contribution in [0.5, 0.6) is 0 Å². The summed E-state index contributed by atoms with van der Waals surface area (Å²) in [5, 5.41) is 11.1. The summed E-state index contributed by atoms with van der Waals surface area (Å²) in [5.41, 5.74) is 3.47. The van der Waals surface area contributed by atoms with Crippen LogP contribution < -0.4 is 4.90 Å². The predicted octanol–water partition coefficient (Wildman–Crippen LogP) is 5.16. The fraction of sp³-hybridized carbons (Fsp3) is 0.200. The average molecular weight is 446 g/mol. The highest BCUT2D eigenvalue weighted by Crippen LogP contribution is 2.27. The lowest BCUT2D eigenvalue weighted by Crippen LogP contribution is -2.24. The lowest BCUT2D eigenvalue weighted by molar-refractivity contribution is 0.325. The molecule has 0 aromatic heterocycles. The van der Waals surface area contributed by atoms with Crippen molar-refractivity contribution in [3.05, 3.63) is 88.9 Å². The lowest BCUT2D eigenvalue weighted by Gasteiger charge is -2.20. The van der Waals surface area contributed by atoms with Crippen molar-refractivity contribution in [3.63, 3.8) is 0 Å². The first-order chi connectivity index (χ1) is 15.2. The van der Waals surface area contributed by atoms with E-state index in [1.807, 2.05) is 61.3 Å². The van der Waals surface area contributed by atoms with Crippen LogP contribution in [-0.4, -0.2) is 28.6 Å². The van der Waals surface area contributed by atoms with Crippen molar-refractivity contribution < 1.29 is 12.6 Å². The number of hydrogen-bond acceptors (Lipinski definition) is 5. The molecule has 0 N–H and O–H groups in total. The SMILES string of the molecule is [C-]#[N+]C(C#N)=C(C)c1ccc2cc(N(C)CCOS(=O)(=O)c3ccc(C)cc3)ccc2c1. The highest BCUT2D eigenvalue weighted by atomic mass is 32.2. The van der Waals surface area contributed by atoms with E-state index in [4.69, 9.17) is 16.0 Å². The molecule has 0 radical (unpaired) electrons. The molecule has 0 spiro atoms. The summed E-state index contributed by atoms with van der Waals surface area (Å²) in [6.07, 6.45) is 0. The lowest BCUT2D eigenvalue weighted by atomic mass is 10.0. The number of benzene rings is 3. The molecule has 3 rings (SSSR count). The molecule has 0 fully saturated rings. The Bertz CT molecular complexity index is 1350. The fourth-order valence-corrected chi connectivity index (χ4v) is 4.12. The van der Waals surface area contributed by atoms with Crippen molar-refractivity contribution in [3.8, 4) is 6.07 Å². The van der Waals surface area contributed by atoms with E-state index in [0.29, 0.717) is 12.1 Å². The van der Waals surface area contributed by atoms with E-state index < -0.39 is 10.1 Å². The Kier molecular flexibility index (Phi) is 6.95. The third-order valence-corrected chi connectivity index (χ3v) is 6.57. The second kappa shape index (κ2) is 9.65. The monoisotopic (exact) mass is 445 g/mol. The molecule has 0 bridgehead atoms. The van der Waals surface area contributed by atoms with Gasteiger partial charge >= 0.3 is 0 Å². The van der Waals surface area contributed by atoms with Gasteiger partial charge in [0.2, 0.25) is 0 Å². The Hall–Kier alpha value is -3.65. The highest BCUT2D eigenvalue weighted by molar-refractivity contribution is 7.86. The highest BCUT2D eigenvalue weighted by Gasteiger charge is 2.15. The second-order valence-electron chi connectivity index (χ2n) is 7.45. The van der Waals surface area contributed by atoms with Crippen LogP contribution in [0, 0.1) is 24.8 Å². The van der Waals surface area contributed by atoms with E-state index in [9.17, 15) is 8.42 Å². The van der Waals surface area contributed by atoms with Crippen LogP contribution in [0.15, 0.2) is 71.3 Å². The second-order valence-corrected chi connectivity index (χ2v) is 9.07. The summed E-state index contributed by atoms with van der Waals surface area (Å²) in [4.78, 5) is 5.35. The van der Waals surface area contributed by atoms with Gasteiger partial charge in [-0.1, -0.05) is 35.9 Å². The molecule has 0 amide bonds. The molecule has 0 heterocycles. The maximum atomic E-state index is 12.3. The van der Waals surface area contributed by atoms with Crippen molar-refractivity contribution in [1.82, 2.24) is 0 Å². The maximum absolute atomic E-state index is 12.3. The van der Waals surface area contributed by atoms with Gasteiger partial charge in [0.15, 0.2) is 0 Å². The normalized spacial score (nSPS) is 12.0. The van der Waals surface area contributed by atoms with Crippen LogP contribution in [0.4, 0.5) is 5.69 Å². The van der Waals surface area contributed by atoms with E-state index in [-0.39, 0.29) is 17.2 Å². The summed E-state index contributed by atoms with van der Waals surface area (Å²) in [6.45, 7) is 11.2. The Balaban J connectivity index is 1.71. The predicted molar refractivity (Wildman–Crippen MR) is 126 cm³/mol. The van der Waals surface area contributed by atoms with Gasteiger partial charge in [-0.25, -0.2) is 10.1 Å². The summed E-state index contributed by atoms with van der Waals surface area (Å²) in [5.74, 6) is 0. The van der Waals surface area contributed by atoms with Crippen LogP contribution in [0.3, 0.4) is 0 Å². The standard InChI is InChI=1S/C25H23N3O3S/c1-18-5-11-24(12-6-18)32(29,30)31-14-13-28(4)23-10-9-21-15-20(7-8-22(21)16-23)19(2)25(17-26)27-3/h5-12,15-16H,13-14H2,1-2,4H3. The molecule has 0 saturated heterocycles. The minimum atomic E-state index is -3.79. The van der Waals surface area contributed by atoms with Gasteiger partial charge in [0.1, 0.15) is 0 Å². The smallest absolute Gasteiger partial charge is 0.297 e. The van der Waals surface area contributed by atoms with Crippen LogP contribution in [0.1, 0.15) is 18.1 Å². The number of nitrogens with zero attached hydrogens (tertiary/aromatic N) is 3. The van der Waals surface area contributed by atoms with Crippen molar-refractivity contribution in [1.29, 1.82) is 5.26 Å². The Morgan fingerprint density at radius 3 is 2.41 bits per heavy atom. The van der Waals surface area contributed by atoms with E-state index in [2.05, 4.69) is 4.85 Å². The first-order valence-electron chi connectivity index (χ1n) is 9.95. The van der Waals surface area contributed by atoms with Crippen molar-refractivity contribution in [2.24, 2.45) is 0 Å². The van der Waals surface area contributed by atoms with Gasteiger partial charge in [-0.3, -0.25) is 4.18 Å². The molecule has 7 heteroatoms. The number of anilines is 1. The van der Waals surface area contributed by atoms with Gasteiger partial charge in [-0.05, 0) is 66.1 Å². The van der Waals surface area contributed by atoms with Crippen LogP contribution in [0.2, 0.25) is 0 Å². The number of rotatable bonds is 7. The van der Waals surface area contributed by atoms with E-state index in [0.717, 1.165) is 27.6 Å². The van der Waals surface area contributed by atoms with Crippen LogP contribution >= 0.6 is 0 Å². The molecule has 0 aliphatic carbocycles. The zero-order chi connectivity index (χ0) is 23.3. The Morgan fingerprint density at radius 2 is 1.75 bits per heavy atom. The van der Waals surface area contributed by atoms with E-state index in [1.165, 1.54) is 0 Å². The molecule has 0 aliphatic heterocycles. The number of fused-ring (bicyclic) bond motifs is 1. The summed E-state index contributed by atoms with van der Waals surface area (Å²) >= 11 is 0. The fourth-order valence-electron chi connectivity index (χ4n) is 3.22. The topological polar surface area (TPSA) is 74.8 Å². The number of aryl methyl sites for hydroxylation is 1. The molecular weight excluding hydrogens is 422 g/mol.